The van der Waals surface area contributed by atoms with Crippen molar-refractivity contribution in [2.75, 3.05) is 29.1 Å². The smallest absolute Gasteiger partial charge is 0.262 e. The van der Waals surface area contributed by atoms with Gasteiger partial charge in [0.25, 0.3) is 5.56 Å². The summed E-state index contributed by atoms with van der Waals surface area (Å²) in [6.07, 6.45) is 0. The number of para-hydroxylation sites is 1. The maximum absolute atomic E-state index is 12.6. The topological polar surface area (TPSA) is 87.5 Å². The lowest BCUT2D eigenvalue weighted by atomic mass is 10.1. The Hall–Kier alpha value is -3.26. The van der Waals surface area contributed by atoms with E-state index in [1.807, 2.05) is 25.1 Å². The molecule has 2 N–H and O–H groups in total. The van der Waals surface area contributed by atoms with E-state index in [0.717, 1.165) is 47.9 Å². The Labute approximate surface area is 185 Å². The molecule has 7 nitrogen and oxygen atoms in total. The van der Waals surface area contributed by atoms with Crippen LogP contribution >= 0.6 is 11.8 Å². The van der Waals surface area contributed by atoms with E-state index < -0.39 is 5.56 Å². The fourth-order valence-electron chi connectivity index (χ4n) is 3.25. The summed E-state index contributed by atoms with van der Waals surface area (Å²) in [4.78, 5) is 31.3. The van der Waals surface area contributed by atoms with E-state index in [9.17, 15) is 14.7 Å². The van der Waals surface area contributed by atoms with Crippen molar-refractivity contribution in [1.29, 1.82) is 0 Å². The number of aromatic hydroxyl groups is 1. The van der Waals surface area contributed by atoms with E-state index in [1.54, 1.807) is 24.3 Å². The second kappa shape index (κ2) is 10.2. The van der Waals surface area contributed by atoms with Crippen LogP contribution in [0.2, 0.25) is 0 Å². The van der Waals surface area contributed by atoms with Crippen molar-refractivity contribution < 1.29 is 9.90 Å². The number of aryl methyl sites for hydroxylation is 1. The Bertz CT molecular complexity index is 1110. The molecular weight excluding hydrogens is 412 g/mol. The third-order valence-corrected chi connectivity index (χ3v) is 5.77. The molecule has 0 aliphatic rings. The number of carbonyl (C=O) groups is 1. The van der Waals surface area contributed by atoms with Crippen LogP contribution in [0.15, 0.2) is 64.5 Å². The van der Waals surface area contributed by atoms with Gasteiger partial charge in [0.1, 0.15) is 0 Å². The Morgan fingerprint density at radius 2 is 1.84 bits per heavy atom. The number of hydrogen-bond donors (Lipinski definition) is 2. The summed E-state index contributed by atoms with van der Waals surface area (Å²) in [5.74, 6) is -0.552. The summed E-state index contributed by atoms with van der Waals surface area (Å²) in [5, 5.41) is 12.9. The summed E-state index contributed by atoms with van der Waals surface area (Å²) in [5.41, 5.74) is 3.03. The molecule has 0 bridgehead atoms. The first-order valence-corrected chi connectivity index (χ1v) is 11.1. The number of thioether (sulfide) groups is 1. The maximum Gasteiger partial charge on any atom is 0.262 e. The van der Waals surface area contributed by atoms with Crippen molar-refractivity contribution in [1.82, 2.24) is 9.55 Å². The molecule has 162 valence electrons. The quantitative estimate of drug-likeness (QED) is 0.411. The van der Waals surface area contributed by atoms with Crippen LogP contribution in [0.3, 0.4) is 0 Å². The van der Waals surface area contributed by atoms with Gasteiger partial charge in [-0.2, -0.15) is 4.98 Å². The second-order valence-electron chi connectivity index (χ2n) is 6.91. The Balaban J connectivity index is 1.74. The largest absolute Gasteiger partial charge is 0.493 e. The van der Waals surface area contributed by atoms with Gasteiger partial charge in [0, 0.05) is 24.5 Å². The van der Waals surface area contributed by atoms with E-state index in [2.05, 4.69) is 35.1 Å². The molecule has 31 heavy (non-hydrogen) atoms. The lowest BCUT2D eigenvalue weighted by Gasteiger charge is -2.22. The number of benzene rings is 2. The molecule has 0 atom stereocenters. The zero-order chi connectivity index (χ0) is 22.4. The molecule has 0 spiro atoms. The number of nitrogens with one attached hydrogen (secondary N) is 1. The number of carbonyl (C=O) groups excluding carboxylic acids is 1. The van der Waals surface area contributed by atoms with Gasteiger partial charge in [-0.3, -0.25) is 14.2 Å². The second-order valence-corrected chi connectivity index (χ2v) is 7.86. The summed E-state index contributed by atoms with van der Waals surface area (Å²) in [6.45, 7) is 8.00. The lowest BCUT2D eigenvalue weighted by Crippen LogP contribution is -2.22. The Morgan fingerprint density at radius 3 is 2.48 bits per heavy atom. The highest BCUT2D eigenvalue weighted by atomic mass is 32.2. The average molecular weight is 439 g/mol. The number of hydrogen-bond acceptors (Lipinski definition) is 6. The van der Waals surface area contributed by atoms with Gasteiger partial charge in [-0.1, -0.05) is 30.0 Å². The molecule has 8 heteroatoms. The monoisotopic (exact) mass is 438 g/mol. The number of aromatic nitrogens is 2. The van der Waals surface area contributed by atoms with Crippen LogP contribution in [-0.4, -0.2) is 39.4 Å². The molecule has 0 aliphatic heterocycles. The molecule has 0 fully saturated rings. The van der Waals surface area contributed by atoms with Crippen molar-refractivity contribution in [2.24, 2.45) is 0 Å². The van der Waals surface area contributed by atoms with Gasteiger partial charge < -0.3 is 15.3 Å². The standard InChI is InChI=1S/C23H26N4O3S/c1-4-26(5-2)18-11-12-19(16(3)13-18)24-21(29)15-31-23-25-20(28)14-22(30)27(23)17-9-7-6-8-10-17/h6-14,28H,4-5,15H2,1-3H3,(H,24,29). The fraction of sp³-hybridized carbons (Fsp3) is 0.261. The number of nitrogens with zero attached hydrogens (tertiary/aromatic N) is 3. The van der Waals surface area contributed by atoms with Gasteiger partial charge in [0.05, 0.1) is 17.5 Å². The molecule has 0 radical (unpaired) electrons. The van der Waals surface area contributed by atoms with Crippen LogP contribution in [0.1, 0.15) is 19.4 Å². The van der Waals surface area contributed by atoms with Gasteiger partial charge in [0.15, 0.2) is 5.16 Å². The molecule has 1 heterocycles. The molecule has 0 unspecified atom stereocenters. The summed E-state index contributed by atoms with van der Waals surface area (Å²) in [6, 6.07) is 16.0. The van der Waals surface area contributed by atoms with Crippen LogP contribution in [0.4, 0.5) is 11.4 Å². The highest BCUT2D eigenvalue weighted by molar-refractivity contribution is 7.99. The third-order valence-electron chi connectivity index (χ3n) is 4.83. The van der Waals surface area contributed by atoms with Crippen LogP contribution in [0, 0.1) is 6.92 Å². The SMILES string of the molecule is CCN(CC)c1ccc(NC(=O)CSc2nc(O)cc(=O)n2-c2ccccc2)c(C)c1. The maximum atomic E-state index is 12.6. The third kappa shape index (κ3) is 5.46. The highest BCUT2D eigenvalue weighted by Gasteiger charge is 2.14. The Kier molecular flexibility index (Phi) is 7.36. The zero-order valence-corrected chi connectivity index (χ0v) is 18.6. The van der Waals surface area contributed by atoms with Crippen molar-refractivity contribution >= 4 is 29.0 Å². The van der Waals surface area contributed by atoms with E-state index in [1.165, 1.54) is 4.57 Å². The van der Waals surface area contributed by atoms with Crippen LogP contribution < -0.4 is 15.8 Å². The van der Waals surface area contributed by atoms with Crippen LogP contribution in [-0.2, 0) is 4.79 Å². The number of anilines is 2. The van der Waals surface area contributed by atoms with Gasteiger partial charge in [-0.25, -0.2) is 0 Å². The summed E-state index contributed by atoms with van der Waals surface area (Å²) >= 11 is 1.09. The predicted octanol–water partition coefficient (Wildman–Crippen LogP) is 3.82. The molecule has 1 aromatic heterocycles. The predicted molar refractivity (Wildman–Crippen MR) is 126 cm³/mol. The van der Waals surface area contributed by atoms with Gasteiger partial charge in [-0.05, 0) is 56.7 Å². The van der Waals surface area contributed by atoms with E-state index in [0.29, 0.717) is 5.69 Å². The molecule has 0 saturated heterocycles. The first kappa shape index (κ1) is 22.4. The lowest BCUT2D eigenvalue weighted by molar-refractivity contribution is -0.113. The minimum absolute atomic E-state index is 0.0416. The fourth-order valence-corrected chi connectivity index (χ4v) is 4.07. The first-order chi connectivity index (χ1) is 14.9. The van der Waals surface area contributed by atoms with Crippen LogP contribution in [0.25, 0.3) is 5.69 Å². The average Bonchev–Trinajstić information content (AvgIpc) is 2.75. The molecule has 3 aromatic rings. The van der Waals surface area contributed by atoms with Crippen molar-refractivity contribution in [2.45, 2.75) is 25.9 Å². The van der Waals surface area contributed by atoms with E-state index in [-0.39, 0.29) is 22.7 Å². The number of rotatable bonds is 8. The minimum Gasteiger partial charge on any atom is -0.493 e. The van der Waals surface area contributed by atoms with Crippen molar-refractivity contribution in [3.8, 4) is 11.6 Å². The zero-order valence-electron chi connectivity index (χ0n) is 17.8. The first-order valence-electron chi connectivity index (χ1n) is 10.1. The van der Waals surface area contributed by atoms with E-state index >= 15 is 0 Å². The van der Waals surface area contributed by atoms with Crippen molar-refractivity contribution in [3.05, 3.63) is 70.5 Å². The molecule has 3 rings (SSSR count). The summed E-state index contributed by atoms with van der Waals surface area (Å²) in [7, 11) is 0. The Morgan fingerprint density at radius 1 is 1.13 bits per heavy atom. The normalized spacial score (nSPS) is 10.7. The molecule has 1 amide bonds. The van der Waals surface area contributed by atoms with Crippen molar-refractivity contribution in [3.63, 3.8) is 0 Å². The molecule has 2 aromatic carbocycles. The number of amides is 1. The van der Waals surface area contributed by atoms with Crippen LogP contribution in [0.5, 0.6) is 5.88 Å². The molecular formula is C23H26N4O3S. The van der Waals surface area contributed by atoms with E-state index in [4.69, 9.17) is 0 Å². The minimum atomic E-state index is -0.413. The molecule has 0 aliphatic carbocycles. The van der Waals surface area contributed by atoms with Gasteiger partial charge in [-0.15, -0.1) is 0 Å². The van der Waals surface area contributed by atoms with Gasteiger partial charge >= 0.3 is 0 Å². The summed E-state index contributed by atoms with van der Waals surface area (Å²) < 4.78 is 1.38. The van der Waals surface area contributed by atoms with Gasteiger partial charge in [0.2, 0.25) is 11.8 Å². The highest BCUT2D eigenvalue weighted by Crippen LogP contribution is 2.24. The molecule has 0 saturated carbocycles.